The van der Waals surface area contributed by atoms with Gasteiger partial charge in [0.25, 0.3) is 0 Å². The first-order valence-electron chi connectivity index (χ1n) is 3.81. The smallest absolute Gasteiger partial charge is 0.360 e. The van der Waals surface area contributed by atoms with Gasteiger partial charge in [0, 0.05) is 0 Å². The van der Waals surface area contributed by atoms with Crippen molar-refractivity contribution >= 4 is 28.6 Å². The Hall–Kier alpha value is -1.62. The quantitative estimate of drug-likeness (QED) is 0.572. The molecule has 5 nitrogen and oxygen atoms in total. The van der Waals surface area contributed by atoms with E-state index in [0.29, 0.717) is 16.2 Å². The average molecular weight is 212 g/mol. The van der Waals surface area contributed by atoms with Crippen LogP contribution in [0.1, 0.15) is 10.5 Å². The van der Waals surface area contributed by atoms with Gasteiger partial charge in [0.15, 0.2) is 5.69 Å². The maximum atomic E-state index is 11.2. The number of carbonyl (C=O) groups excluding carboxylic acids is 1. The predicted molar refractivity (Wildman–Crippen MR) is 50.2 cm³/mol. The van der Waals surface area contributed by atoms with Crippen molar-refractivity contribution in [3.8, 4) is 0 Å². The molecule has 6 heteroatoms. The van der Waals surface area contributed by atoms with Crippen molar-refractivity contribution in [2.45, 2.75) is 0 Å². The van der Waals surface area contributed by atoms with Crippen LogP contribution in [-0.4, -0.2) is 28.3 Å². The lowest BCUT2D eigenvalue weighted by Gasteiger charge is -1.94. The highest BCUT2D eigenvalue weighted by Gasteiger charge is 2.15. The first-order chi connectivity index (χ1) is 6.72. The molecular formula is C8H6ClN3O2. The molecule has 1 N–H and O–H groups in total. The normalized spacial score (nSPS) is 10.4. The average Bonchev–Trinajstić information content (AvgIpc) is 2.59. The third kappa shape index (κ3) is 1.31. The minimum Gasteiger partial charge on any atom is -0.464 e. The van der Waals surface area contributed by atoms with Crippen LogP contribution in [0.15, 0.2) is 12.1 Å². The number of H-pyrrole nitrogens is 1. The summed E-state index contributed by atoms with van der Waals surface area (Å²) in [7, 11) is 1.29. The van der Waals surface area contributed by atoms with Gasteiger partial charge in [-0.25, -0.2) is 9.78 Å². The number of esters is 1. The molecule has 0 saturated heterocycles. The van der Waals surface area contributed by atoms with Crippen molar-refractivity contribution in [3.63, 3.8) is 0 Å². The van der Waals surface area contributed by atoms with E-state index in [1.54, 1.807) is 12.1 Å². The lowest BCUT2D eigenvalue weighted by Crippen LogP contribution is -2.02. The van der Waals surface area contributed by atoms with Crippen LogP contribution in [0.25, 0.3) is 11.0 Å². The van der Waals surface area contributed by atoms with E-state index in [2.05, 4.69) is 19.9 Å². The van der Waals surface area contributed by atoms with Gasteiger partial charge in [-0.2, -0.15) is 5.10 Å². The minimum absolute atomic E-state index is 0.144. The largest absolute Gasteiger partial charge is 0.464 e. The van der Waals surface area contributed by atoms with Crippen molar-refractivity contribution < 1.29 is 9.53 Å². The molecule has 72 valence electrons. The van der Waals surface area contributed by atoms with Gasteiger partial charge in [-0.15, -0.1) is 0 Å². The zero-order chi connectivity index (χ0) is 10.1. The second-order valence-electron chi connectivity index (χ2n) is 2.59. The lowest BCUT2D eigenvalue weighted by atomic mass is 10.3. The Morgan fingerprint density at radius 3 is 3.07 bits per heavy atom. The minimum atomic E-state index is -0.536. The fourth-order valence-corrected chi connectivity index (χ4v) is 1.26. The summed E-state index contributed by atoms with van der Waals surface area (Å²) in [6, 6.07) is 3.31. The molecular weight excluding hydrogens is 206 g/mol. The highest BCUT2D eigenvalue weighted by Crippen LogP contribution is 2.16. The first kappa shape index (κ1) is 8.96. The van der Waals surface area contributed by atoms with Gasteiger partial charge in [0.1, 0.15) is 10.7 Å². The van der Waals surface area contributed by atoms with E-state index in [-0.39, 0.29) is 5.69 Å². The molecule has 0 atom stereocenters. The maximum absolute atomic E-state index is 11.2. The molecule has 0 spiro atoms. The number of hydrogen-bond donors (Lipinski definition) is 1. The van der Waals surface area contributed by atoms with Gasteiger partial charge in [-0.1, -0.05) is 11.6 Å². The molecule has 0 aliphatic carbocycles. The van der Waals surface area contributed by atoms with Crippen LogP contribution in [0.4, 0.5) is 0 Å². The summed E-state index contributed by atoms with van der Waals surface area (Å²) in [6.07, 6.45) is 0. The Balaban J connectivity index is 2.67. The van der Waals surface area contributed by atoms with Crippen molar-refractivity contribution in [1.29, 1.82) is 0 Å². The maximum Gasteiger partial charge on any atom is 0.360 e. The van der Waals surface area contributed by atoms with Gasteiger partial charge in [-0.3, -0.25) is 5.10 Å². The van der Waals surface area contributed by atoms with Crippen molar-refractivity contribution in [3.05, 3.63) is 23.0 Å². The van der Waals surface area contributed by atoms with E-state index >= 15 is 0 Å². The molecule has 0 bridgehead atoms. The number of nitrogens with zero attached hydrogens (tertiary/aromatic N) is 2. The van der Waals surface area contributed by atoms with E-state index in [1.807, 2.05) is 0 Å². The Kier molecular flexibility index (Phi) is 2.09. The van der Waals surface area contributed by atoms with E-state index in [1.165, 1.54) is 7.11 Å². The first-order valence-corrected chi connectivity index (χ1v) is 4.19. The van der Waals surface area contributed by atoms with Gasteiger partial charge in [0.05, 0.1) is 12.6 Å². The number of nitrogens with one attached hydrogen (secondary N) is 1. The number of fused-ring (bicyclic) bond motifs is 1. The summed E-state index contributed by atoms with van der Waals surface area (Å²) in [5.41, 5.74) is 1.21. The van der Waals surface area contributed by atoms with Crippen LogP contribution in [0.5, 0.6) is 0 Å². The summed E-state index contributed by atoms with van der Waals surface area (Å²) >= 11 is 5.69. The zero-order valence-electron chi connectivity index (χ0n) is 7.24. The van der Waals surface area contributed by atoms with Crippen LogP contribution in [0.3, 0.4) is 0 Å². The van der Waals surface area contributed by atoms with Crippen molar-refractivity contribution in [1.82, 2.24) is 15.2 Å². The molecule has 0 aromatic carbocycles. The van der Waals surface area contributed by atoms with E-state index < -0.39 is 5.97 Å². The monoisotopic (exact) mass is 211 g/mol. The number of aromatic nitrogens is 3. The molecule has 2 heterocycles. The fourth-order valence-electron chi connectivity index (χ4n) is 1.11. The Morgan fingerprint density at radius 1 is 1.57 bits per heavy atom. The Morgan fingerprint density at radius 2 is 2.36 bits per heavy atom. The molecule has 0 amide bonds. The number of carbonyl (C=O) groups is 1. The molecule has 0 fully saturated rings. The molecule has 0 aliphatic rings. The predicted octanol–water partition coefficient (Wildman–Crippen LogP) is 1.40. The number of hydrogen-bond acceptors (Lipinski definition) is 4. The third-order valence-corrected chi connectivity index (χ3v) is 1.96. The molecule has 0 saturated carbocycles. The summed E-state index contributed by atoms with van der Waals surface area (Å²) < 4.78 is 4.54. The zero-order valence-corrected chi connectivity index (χ0v) is 8.00. The van der Waals surface area contributed by atoms with Gasteiger partial charge in [-0.05, 0) is 12.1 Å². The van der Waals surface area contributed by atoms with Crippen LogP contribution < -0.4 is 0 Å². The van der Waals surface area contributed by atoms with Gasteiger partial charge < -0.3 is 4.74 Å². The number of pyridine rings is 1. The molecule has 14 heavy (non-hydrogen) atoms. The summed E-state index contributed by atoms with van der Waals surface area (Å²) in [5, 5.41) is 6.75. The van der Waals surface area contributed by atoms with Crippen molar-refractivity contribution in [2.75, 3.05) is 7.11 Å². The summed E-state index contributed by atoms with van der Waals surface area (Å²) in [5.74, 6) is -0.536. The highest BCUT2D eigenvalue weighted by atomic mass is 35.5. The summed E-state index contributed by atoms with van der Waals surface area (Å²) in [4.78, 5) is 15.2. The molecule has 2 aromatic rings. The third-order valence-electron chi connectivity index (χ3n) is 1.75. The van der Waals surface area contributed by atoms with Gasteiger partial charge in [0.2, 0.25) is 0 Å². The second-order valence-corrected chi connectivity index (χ2v) is 2.98. The highest BCUT2D eigenvalue weighted by molar-refractivity contribution is 6.29. The number of methoxy groups -OCH3 is 1. The topological polar surface area (TPSA) is 67.9 Å². The lowest BCUT2D eigenvalue weighted by molar-refractivity contribution is 0.0596. The standard InChI is InChI=1S/C8H6ClN3O2/c1-14-8(13)7-6-4(11-12-7)2-3-5(9)10-6/h2-3H,1H3,(H,11,12). The number of ether oxygens (including phenoxy) is 1. The van der Waals surface area contributed by atoms with Crippen LogP contribution in [0.2, 0.25) is 5.15 Å². The van der Waals surface area contributed by atoms with E-state index in [0.717, 1.165) is 0 Å². The molecule has 0 aliphatic heterocycles. The molecule has 2 aromatic heterocycles. The second kappa shape index (κ2) is 3.26. The number of halogens is 1. The Bertz CT molecular complexity index is 494. The van der Waals surface area contributed by atoms with E-state index in [9.17, 15) is 4.79 Å². The van der Waals surface area contributed by atoms with Gasteiger partial charge >= 0.3 is 5.97 Å². The molecule has 0 radical (unpaired) electrons. The van der Waals surface area contributed by atoms with E-state index in [4.69, 9.17) is 11.6 Å². The Labute approximate surface area is 84.0 Å². The number of rotatable bonds is 1. The molecule has 2 rings (SSSR count). The van der Waals surface area contributed by atoms with Crippen LogP contribution in [-0.2, 0) is 4.74 Å². The van der Waals surface area contributed by atoms with Crippen LogP contribution in [0, 0.1) is 0 Å². The van der Waals surface area contributed by atoms with Crippen LogP contribution >= 0.6 is 11.6 Å². The summed E-state index contributed by atoms with van der Waals surface area (Å²) in [6.45, 7) is 0. The molecule has 0 unspecified atom stereocenters. The van der Waals surface area contributed by atoms with Crippen molar-refractivity contribution in [2.24, 2.45) is 0 Å². The SMILES string of the molecule is COC(=O)c1n[nH]c2ccc(Cl)nc12. The number of aromatic amines is 1. The fraction of sp³-hybridized carbons (Fsp3) is 0.125.